The number of carbonyl (C=O) groups is 1. The van der Waals surface area contributed by atoms with Crippen molar-refractivity contribution in [2.75, 3.05) is 0 Å². The smallest absolute Gasteiger partial charge is 0.320 e. The number of carboxylic acid groups (broad SMARTS) is 1. The maximum absolute atomic E-state index is 10.8. The largest absolute Gasteiger partial charge is 0.480 e. The molecule has 0 aliphatic heterocycles. The fourth-order valence-electron chi connectivity index (χ4n) is 2.67. The quantitative estimate of drug-likeness (QED) is 0.752. The van der Waals surface area contributed by atoms with Gasteiger partial charge in [0.1, 0.15) is 6.04 Å². The molecule has 3 rings (SSSR count). The lowest BCUT2D eigenvalue weighted by atomic mass is 10.00. The van der Waals surface area contributed by atoms with Gasteiger partial charge >= 0.3 is 5.97 Å². The van der Waals surface area contributed by atoms with E-state index in [2.05, 4.69) is 24.3 Å². The highest BCUT2D eigenvalue weighted by Gasteiger charge is 2.19. The molecule has 0 heterocycles. The molecular weight excluding hydrogens is 238 g/mol. The van der Waals surface area contributed by atoms with E-state index < -0.39 is 12.0 Å². The fourth-order valence-corrected chi connectivity index (χ4v) is 2.67. The van der Waals surface area contributed by atoms with Crippen LogP contribution in [0, 0.1) is 0 Å². The molecule has 0 fully saturated rings. The second-order valence-corrected chi connectivity index (χ2v) is 4.97. The average molecular weight is 253 g/mol. The van der Waals surface area contributed by atoms with Crippen molar-refractivity contribution in [2.24, 2.45) is 5.73 Å². The zero-order valence-corrected chi connectivity index (χ0v) is 10.5. The number of nitrogens with two attached hydrogens (primary N) is 1. The number of aliphatic carboxylic acids is 1. The van der Waals surface area contributed by atoms with Crippen LogP contribution in [0.2, 0.25) is 0 Å². The Morgan fingerprint density at radius 2 is 1.89 bits per heavy atom. The molecule has 1 aliphatic carbocycles. The number of hydrogen-bond acceptors (Lipinski definition) is 2. The van der Waals surface area contributed by atoms with Crippen LogP contribution in [-0.4, -0.2) is 17.1 Å². The Morgan fingerprint density at radius 3 is 2.68 bits per heavy atom. The fraction of sp³-hybridized carbons (Fsp3) is 0.188. The summed E-state index contributed by atoms with van der Waals surface area (Å²) in [5, 5.41) is 8.85. The van der Waals surface area contributed by atoms with E-state index in [9.17, 15) is 4.79 Å². The highest BCUT2D eigenvalue weighted by Crippen LogP contribution is 2.36. The molecule has 2 aromatic carbocycles. The van der Waals surface area contributed by atoms with E-state index in [1.165, 1.54) is 22.3 Å². The Bertz CT molecular complexity index is 649. The third-order valence-electron chi connectivity index (χ3n) is 3.63. The van der Waals surface area contributed by atoms with Crippen molar-refractivity contribution in [3.63, 3.8) is 0 Å². The molecule has 0 radical (unpaired) electrons. The second kappa shape index (κ2) is 4.52. The van der Waals surface area contributed by atoms with Gasteiger partial charge in [0.2, 0.25) is 0 Å². The molecule has 0 saturated heterocycles. The normalized spacial score (nSPS) is 13.7. The minimum absolute atomic E-state index is 0.374. The lowest BCUT2D eigenvalue weighted by Crippen LogP contribution is -2.32. The summed E-state index contributed by atoms with van der Waals surface area (Å²) in [4.78, 5) is 10.8. The third kappa shape index (κ3) is 2.13. The van der Waals surface area contributed by atoms with Crippen molar-refractivity contribution in [1.29, 1.82) is 0 Å². The molecule has 0 aromatic heterocycles. The van der Waals surface area contributed by atoms with Crippen LogP contribution in [0.4, 0.5) is 0 Å². The maximum Gasteiger partial charge on any atom is 0.320 e. The summed E-state index contributed by atoms with van der Waals surface area (Å²) in [5.41, 5.74) is 11.7. The predicted molar refractivity (Wildman–Crippen MR) is 74.0 cm³/mol. The SMILES string of the molecule is NC(Cc1ccc2c(c1)Cc1ccccc1-2)C(=O)O. The standard InChI is InChI=1S/C16H15NO2/c17-15(16(18)19)8-10-5-6-14-12(7-10)9-11-3-1-2-4-13(11)14/h1-7,15H,8-9,17H2,(H,18,19). The van der Waals surface area contributed by atoms with Gasteiger partial charge in [0.15, 0.2) is 0 Å². The van der Waals surface area contributed by atoms with E-state index in [1.54, 1.807) is 0 Å². The first-order chi connectivity index (χ1) is 9.15. The summed E-state index contributed by atoms with van der Waals surface area (Å²) in [6.45, 7) is 0. The average Bonchev–Trinajstić information content (AvgIpc) is 2.76. The van der Waals surface area contributed by atoms with Crippen molar-refractivity contribution in [2.45, 2.75) is 18.9 Å². The molecule has 0 spiro atoms. The van der Waals surface area contributed by atoms with E-state index in [4.69, 9.17) is 10.8 Å². The molecule has 0 saturated carbocycles. The summed E-state index contributed by atoms with van der Waals surface area (Å²) < 4.78 is 0. The van der Waals surface area contributed by atoms with Crippen molar-refractivity contribution in [3.8, 4) is 11.1 Å². The Kier molecular flexibility index (Phi) is 2.84. The molecule has 3 nitrogen and oxygen atoms in total. The van der Waals surface area contributed by atoms with Crippen LogP contribution in [0.25, 0.3) is 11.1 Å². The van der Waals surface area contributed by atoms with Gasteiger partial charge in [-0.05, 0) is 40.7 Å². The molecule has 0 amide bonds. The second-order valence-electron chi connectivity index (χ2n) is 4.97. The third-order valence-corrected chi connectivity index (χ3v) is 3.63. The van der Waals surface area contributed by atoms with Crippen LogP contribution < -0.4 is 5.73 Å². The summed E-state index contributed by atoms with van der Waals surface area (Å²) >= 11 is 0. The molecular formula is C16H15NO2. The summed E-state index contributed by atoms with van der Waals surface area (Å²) in [6, 6.07) is 13.7. The zero-order valence-electron chi connectivity index (χ0n) is 10.5. The molecule has 3 N–H and O–H groups in total. The molecule has 1 atom stereocenters. The Labute approximate surface area is 111 Å². The topological polar surface area (TPSA) is 63.3 Å². The van der Waals surface area contributed by atoms with Crippen molar-refractivity contribution < 1.29 is 9.90 Å². The lowest BCUT2D eigenvalue weighted by Gasteiger charge is -2.08. The number of fused-ring (bicyclic) bond motifs is 3. The minimum Gasteiger partial charge on any atom is -0.480 e. The van der Waals surface area contributed by atoms with Crippen molar-refractivity contribution in [3.05, 3.63) is 59.2 Å². The first kappa shape index (κ1) is 11.9. The van der Waals surface area contributed by atoms with Gasteiger partial charge in [-0.1, -0.05) is 42.5 Å². The van der Waals surface area contributed by atoms with E-state index in [-0.39, 0.29) is 0 Å². The number of carboxylic acids is 1. The molecule has 1 unspecified atom stereocenters. The summed E-state index contributed by atoms with van der Waals surface area (Å²) in [7, 11) is 0. The van der Waals surface area contributed by atoms with Gasteiger partial charge in [0, 0.05) is 0 Å². The van der Waals surface area contributed by atoms with E-state index in [0.717, 1.165) is 12.0 Å². The van der Waals surface area contributed by atoms with Crippen LogP contribution >= 0.6 is 0 Å². The Morgan fingerprint density at radius 1 is 1.16 bits per heavy atom. The van der Waals surface area contributed by atoms with Crippen LogP contribution in [0.1, 0.15) is 16.7 Å². The highest BCUT2D eigenvalue weighted by atomic mass is 16.4. The van der Waals surface area contributed by atoms with E-state index in [1.807, 2.05) is 18.2 Å². The summed E-state index contributed by atoms with van der Waals surface area (Å²) in [5.74, 6) is -0.955. The van der Waals surface area contributed by atoms with Crippen LogP contribution in [0.3, 0.4) is 0 Å². The van der Waals surface area contributed by atoms with Gasteiger partial charge < -0.3 is 10.8 Å². The molecule has 0 bridgehead atoms. The predicted octanol–water partition coefficient (Wildman–Crippen LogP) is 2.21. The number of rotatable bonds is 3. The van der Waals surface area contributed by atoms with Gasteiger partial charge in [-0.3, -0.25) is 4.79 Å². The van der Waals surface area contributed by atoms with Gasteiger partial charge in [0.25, 0.3) is 0 Å². The number of benzene rings is 2. The van der Waals surface area contributed by atoms with Gasteiger partial charge in [-0.25, -0.2) is 0 Å². The van der Waals surface area contributed by atoms with E-state index >= 15 is 0 Å². The Hall–Kier alpha value is -2.13. The highest BCUT2D eigenvalue weighted by molar-refractivity contribution is 5.77. The monoisotopic (exact) mass is 253 g/mol. The Balaban J connectivity index is 1.91. The van der Waals surface area contributed by atoms with Crippen molar-refractivity contribution in [1.82, 2.24) is 0 Å². The van der Waals surface area contributed by atoms with Crippen molar-refractivity contribution >= 4 is 5.97 Å². The molecule has 2 aromatic rings. The molecule has 1 aliphatic rings. The first-order valence-corrected chi connectivity index (χ1v) is 6.33. The maximum atomic E-state index is 10.8. The zero-order chi connectivity index (χ0) is 13.4. The van der Waals surface area contributed by atoms with Gasteiger partial charge in [-0.2, -0.15) is 0 Å². The molecule has 96 valence electrons. The minimum atomic E-state index is -0.955. The lowest BCUT2D eigenvalue weighted by molar-refractivity contribution is -0.138. The van der Waals surface area contributed by atoms with Gasteiger partial charge in [-0.15, -0.1) is 0 Å². The van der Waals surface area contributed by atoms with Crippen LogP contribution in [0.15, 0.2) is 42.5 Å². The van der Waals surface area contributed by atoms with Crippen LogP contribution in [-0.2, 0) is 17.6 Å². The van der Waals surface area contributed by atoms with Gasteiger partial charge in [0.05, 0.1) is 0 Å². The van der Waals surface area contributed by atoms with E-state index in [0.29, 0.717) is 6.42 Å². The summed E-state index contributed by atoms with van der Waals surface area (Å²) in [6.07, 6.45) is 1.29. The first-order valence-electron chi connectivity index (χ1n) is 6.33. The molecule has 3 heteroatoms. The van der Waals surface area contributed by atoms with Crippen LogP contribution in [0.5, 0.6) is 0 Å². The number of hydrogen-bond donors (Lipinski definition) is 2. The molecule has 19 heavy (non-hydrogen) atoms.